The van der Waals surface area contributed by atoms with Gasteiger partial charge in [-0.3, -0.25) is 9.35 Å². The molecule has 1 rings (SSSR count). The van der Waals surface area contributed by atoms with Gasteiger partial charge in [-0.25, -0.2) is 4.79 Å². The fraction of sp³-hybridized carbons (Fsp3) is 0.333. The third-order valence-corrected chi connectivity index (χ3v) is 3.60. The van der Waals surface area contributed by atoms with E-state index in [1.54, 1.807) is 13.0 Å². The van der Waals surface area contributed by atoms with Gasteiger partial charge in [0.25, 0.3) is 10.1 Å². The molecule has 116 valence electrons. The van der Waals surface area contributed by atoms with Crippen LogP contribution in [0.25, 0.3) is 0 Å². The average molecular weight is 428 g/mol. The Hall–Kier alpha value is -1.20. The van der Waals surface area contributed by atoms with Crippen LogP contribution in [0.4, 0.5) is 0 Å². The highest BCUT2D eigenvalue weighted by Crippen LogP contribution is 2.23. The van der Waals surface area contributed by atoms with E-state index in [1.165, 1.54) is 12.1 Å². The molecule has 9 heteroatoms. The Kier molecular flexibility index (Phi) is 6.55. The number of rotatable bonds is 6. The number of hydrogen-bond donors (Lipinski definition) is 1. The van der Waals surface area contributed by atoms with Gasteiger partial charge < -0.3 is 9.47 Å². The molecule has 0 aromatic heterocycles. The molecule has 0 amide bonds. The van der Waals surface area contributed by atoms with E-state index < -0.39 is 34.4 Å². The van der Waals surface area contributed by atoms with Gasteiger partial charge in [-0.2, -0.15) is 8.42 Å². The third-order valence-electron chi connectivity index (χ3n) is 2.25. The first-order chi connectivity index (χ1) is 9.73. The van der Waals surface area contributed by atoms with Crippen LogP contribution < -0.4 is 4.74 Å². The van der Waals surface area contributed by atoms with E-state index in [1.807, 2.05) is 22.6 Å². The first kappa shape index (κ1) is 17.9. The fourth-order valence-electron chi connectivity index (χ4n) is 1.26. The minimum atomic E-state index is -4.21. The largest absolute Gasteiger partial charge is 0.461 e. The molecule has 1 aromatic rings. The molecule has 0 radical (unpaired) electrons. The molecule has 0 saturated heterocycles. The van der Waals surface area contributed by atoms with Crippen LogP contribution in [0.15, 0.2) is 18.2 Å². The topological polar surface area (TPSA) is 107 Å². The molecule has 1 N–H and O–H groups in total. The average Bonchev–Trinajstić information content (AvgIpc) is 2.37. The van der Waals surface area contributed by atoms with Gasteiger partial charge in [-0.05, 0) is 40.8 Å². The van der Waals surface area contributed by atoms with E-state index in [4.69, 9.17) is 14.0 Å². The lowest BCUT2D eigenvalue weighted by Crippen LogP contribution is -2.16. The number of hydrogen-bond acceptors (Lipinski definition) is 6. The number of halogens is 1. The Labute approximate surface area is 135 Å². The minimum absolute atomic E-state index is 0.00699. The Morgan fingerprint density at radius 1 is 1.33 bits per heavy atom. The number of ether oxygens (including phenoxy) is 2. The van der Waals surface area contributed by atoms with Gasteiger partial charge in [-0.15, -0.1) is 0 Å². The van der Waals surface area contributed by atoms with Gasteiger partial charge in [0.2, 0.25) is 0 Å². The van der Waals surface area contributed by atoms with Crippen molar-refractivity contribution in [2.75, 3.05) is 12.4 Å². The van der Waals surface area contributed by atoms with Gasteiger partial charge in [0.05, 0.1) is 0 Å². The van der Waals surface area contributed by atoms with Gasteiger partial charge in [0.15, 0.2) is 0 Å². The van der Waals surface area contributed by atoms with Gasteiger partial charge >= 0.3 is 11.9 Å². The molecule has 0 saturated carbocycles. The van der Waals surface area contributed by atoms with Crippen molar-refractivity contribution < 1.29 is 32.0 Å². The summed E-state index contributed by atoms with van der Waals surface area (Å²) in [6.45, 7) is 1.12. The predicted molar refractivity (Wildman–Crippen MR) is 81.8 cm³/mol. The highest BCUT2D eigenvalue weighted by Gasteiger charge is 2.17. The van der Waals surface area contributed by atoms with E-state index in [0.717, 1.165) is 3.57 Å². The van der Waals surface area contributed by atoms with Crippen LogP contribution >= 0.6 is 22.6 Å². The van der Waals surface area contributed by atoms with E-state index >= 15 is 0 Å². The maximum atomic E-state index is 11.8. The summed E-state index contributed by atoms with van der Waals surface area (Å²) in [6, 6.07) is 4.52. The SMILES string of the molecule is CCC(=O)Oc1cc(I)ccc1C(=O)OCCS(=O)(=O)O. The molecule has 0 aliphatic rings. The lowest BCUT2D eigenvalue weighted by atomic mass is 10.2. The molecule has 0 spiro atoms. The normalized spacial score (nSPS) is 11.0. The maximum Gasteiger partial charge on any atom is 0.341 e. The standard InChI is InChI=1S/C12H13IO7S/c1-2-11(14)20-10-7-8(13)3-4-9(10)12(15)19-5-6-21(16,17)18/h3-4,7H,2,5-6H2,1H3,(H,16,17,18). The van der Waals surface area contributed by atoms with Crippen molar-refractivity contribution in [2.24, 2.45) is 0 Å². The van der Waals surface area contributed by atoms with Crippen molar-refractivity contribution in [3.63, 3.8) is 0 Å². The molecular formula is C12H13IO7S. The van der Waals surface area contributed by atoms with Crippen LogP contribution in [-0.4, -0.2) is 37.3 Å². The minimum Gasteiger partial charge on any atom is -0.461 e. The van der Waals surface area contributed by atoms with Crippen molar-refractivity contribution >= 4 is 44.6 Å². The second kappa shape index (κ2) is 7.71. The number of carbonyl (C=O) groups excluding carboxylic acids is 2. The number of benzene rings is 1. The molecular weight excluding hydrogens is 415 g/mol. The summed E-state index contributed by atoms with van der Waals surface area (Å²) >= 11 is 1.99. The van der Waals surface area contributed by atoms with Crippen molar-refractivity contribution in [1.29, 1.82) is 0 Å². The number of carbonyl (C=O) groups is 2. The van der Waals surface area contributed by atoms with Crippen LogP contribution in [0.1, 0.15) is 23.7 Å². The van der Waals surface area contributed by atoms with Gasteiger partial charge in [0.1, 0.15) is 23.7 Å². The molecule has 7 nitrogen and oxygen atoms in total. The lowest BCUT2D eigenvalue weighted by Gasteiger charge is -2.10. The molecule has 0 aliphatic heterocycles. The lowest BCUT2D eigenvalue weighted by molar-refractivity contribution is -0.134. The molecule has 0 heterocycles. The first-order valence-corrected chi connectivity index (χ1v) is 8.54. The summed E-state index contributed by atoms with van der Waals surface area (Å²) in [5, 5.41) is 0. The van der Waals surface area contributed by atoms with Crippen LogP contribution in [0.2, 0.25) is 0 Å². The molecule has 0 unspecified atom stereocenters. The van der Waals surface area contributed by atoms with Crippen molar-refractivity contribution in [1.82, 2.24) is 0 Å². The third kappa shape index (κ3) is 6.40. The summed E-state index contributed by atoms with van der Waals surface area (Å²) in [5.74, 6) is -2.00. The maximum absolute atomic E-state index is 11.8. The zero-order valence-corrected chi connectivity index (χ0v) is 14.0. The second-order valence-corrected chi connectivity index (χ2v) is 6.71. The smallest absolute Gasteiger partial charge is 0.341 e. The molecule has 21 heavy (non-hydrogen) atoms. The van der Waals surface area contributed by atoms with Crippen molar-refractivity contribution in [3.05, 3.63) is 27.3 Å². The van der Waals surface area contributed by atoms with E-state index in [0.29, 0.717) is 0 Å². The Morgan fingerprint density at radius 3 is 2.57 bits per heavy atom. The Bertz CT molecular complexity index is 639. The molecule has 0 fully saturated rings. The Morgan fingerprint density at radius 2 is 2.00 bits per heavy atom. The monoisotopic (exact) mass is 428 g/mol. The zero-order chi connectivity index (χ0) is 16.0. The zero-order valence-electron chi connectivity index (χ0n) is 11.0. The molecule has 0 bridgehead atoms. The summed E-state index contributed by atoms with van der Waals surface area (Å²) < 4.78 is 40.1. The summed E-state index contributed by atoms with van der Waals surface area (Å²) in [6.07, 6.45) is 0.142. The van der Waals surface area contributed by atoms with E-state index in [9.17, 15) is 18.0 Å². The van der Waals surface area contributed by atoms with Crippen molar-refractivity contribution in [3.8, 4) is 5.75 Å². The van der Waals surface area contributed by atoms with Crippen LogP contribution in [0.3, 0.4) is 0 Å². The summed E-state index contributed by atoms with van der Waals surface area (Å²) in [5.41, 5.74) is 0.00699. The molecule has 0 aliphatic carbocycles. The molecule has 0 atom stereocenters. The summed E-state index contributed by atoms with van der Waals surface area (Å²) in [7, 11) is -4.21. The van der Waals surface area contributed by atoms with Crippen LogP contribution in [-0.2, 0) is 19.6 Å². The van der Waals surface area contributed by atoms with E-state index in [-0.39, 0.29) is 17.7 Å². The Balaban J connectivity index is 2.85. The van der Waals surface area contributed by atoms with Crippen molar-refractivity contribution in [2.45, 2.75) is 13.3 Å². The second-order valence-electron chi connectivity index (χ2n) is 3.89. The predicted octanol–water partition coefficient (Wildman–Crippen LogP) is 1.65. The van der Waals surface area contributed by atoms with Crippen LogP contribution in [0.5, 0.6) is 5.75 Å². The summed E-state index contributed by atoms with van der Waals surface area (Å²) in [4.78, 5) is 23.2. The highest BCUT2D eigenvalue weighted by molar-refractivity contribution is 14.1. The molecule has 1 aromatic carbocycles. The van der Waals surface area contributed by atoms with Gasteiger partial charge in [-0.1, -0.05) is 6.92 Å². The first-order valence-electron chi connectivity index (χ1n) is 5.85. The quantitative estimate of drug-likeness (QED) is 0.318. The fourth-order valence-corrected chi connectivity index (χ4v) is 2.02. The van der Waals surface area contributed by atoms with Gasteiger partial charge in [0, 0.05) is 9.99 Å². The van der Waals surface area contributed by atoms with Crippen LogP contribution in [0, 0.1) is 3.57 Å². The van der Waals surface area contributed by atoms with E-state index in [2.05, 4.69) is 0 Å². The highest BCUT2D eigenvalue weighted by atomic mass is 127. The number of esters is 2.